The first-order chi connectivity index (χ1) is 11.1. The molecule has 0 aliphatic carbocycles. The fourth-order valence-corrected chi connectivity index (χ4v) is 3.29. The zero-order valence-electron chi connectivity index (χ0n) is 13.7. The molecule has 0 aliphatic heterocycles. The van der Waals surface area contributed by atoms with Crippen molar-refractivity contribution in [1.82, 2.24) is 14.8 Å². The van der Waals surface area contributed by atoms with Crippen molar-refractivity contribution in [3.63, 3.8) is 0 Å². The minimum atomic E-state index is 0.573. The fourth-order valence-electron chi connectivity index (χ4n) is 2.43. The van der Waals surface area contributed by atoms with E-state index in [1.807, 2.05) is 25.2 Å². The first-order valence-corrected chi connectivity index (χ1v) is 8.80. The van der Waals surface area contributed by atoms with Gasteiger partial charge in [-0.25, -0.2) is 0 Å². The summed E-state index contributed by atoms with van der Waals surface area (Å²) >= 11 is 1.72. The molecule has 0 bridgehead atoms. The highest BCUT2D eigenvalue weighted by Crippen LogP contribution is 2.25. The zero-order valence-corrected chi connectivity index (χ0v) is 14.5. The highest BCUT2D eigenvalue weighted by Gasteiger charge is 2.11. The molecule has 0 aliphatic rings. The van der Waals surface area contributed by atoms with Gasteiger partial charge in [-0.3, -0.25) is 0 Å². The third-order valence-electron chi connectivity index (χ3n) is 3.88. The van der Waals surface area contributed by atoms with Crippen LogP contribution < -0.4 is 0 Å². The molecule has 0 atom stereocenters. The Kier molecular flexibility index (Phi) is 4.82. The first kappa shape index (κ1) is 15.8. The van der Waals surface area contributed by atoms with Crippen molar-refractivity contribution < 1.29 is 0 Å². The summed E-state index contributed by atoms with van der Waals surface area (Å²) in [6, 6.07) is 19.0. The molecule has 0 saturated heterocycles. The van der Waals surface area contributed by atoms with Crippen LogP contribution in [0.3, 0.4) is 0 Å². The van der Waals surface area contributed by atoms with Gasteiger partial charge in [-0.1, -0.05) is 80.2 Å². The summed E-state index contributed by atoms with van der Waals surface area (Å²) in [6.45, 7) is 4.43. The van der Waals surface area contributed by atoms with Crippen LogP contribution in [0.25, 0.3) is 11.4 Å². The van der Waals surface area contributed by atoms with Crippen LogP contribution in [0, 0.1) is 0 Å². The second-order valence-electron chi connectivity index (χ2n) is 5.92. The second-order valence-corrected chi connectivity index (χ2v) is 6.86. The molecule has 23 heavy (non-hydrogen) atoms. The van der Waals surface area contributed by atoms with Gasteiger partial charge >= 0.3 is 0 Å². The predicted octanol–water partition coefficient (Wildman–Crippen LogP) is 4.90. The van der Waals surface area contributed by atoms with Gasteiger partial charge in [-0.15, -0.1) is 10.2 Å². The molecular weight excluding hydrogens is 302 g/mol. The van der Waals surface area contributed by atoms with Gasteiger partial charge in [-0.2, -0.15) is 0 Å². The van der Waals surface area contributed by atoms with Crippen LogP contribution >= 0.6 is 11.8 Å². The topological polar surface area (TPSA) is 30.7 Å². The van der Waals surface area contributed by atoms with Crippen LogP contribution in [0.2, 0.25) is 0 Å². The number of hydrogen-bond donors (Lipinski definition) is 0. The minimum absolute atomic E-state index is 0.573. The number of thioether (sulfide) groups is 1. The van der Waals surface area contributed by atoms with Crippen molar-refractivity contribution in [3.8, 4) is 11.4 Å². The van der Waals surface area contributed by atoms with Gasteiger partial charge in [0.05, 0.1) is 0 Å². The van der Waals surface area contributed by atoms with Gasteiger partial charge in [0, 0.05) is 18.4 Å². The smallest absolute Gasteiger partial charge is 0.191 e. The summed E-state index contributed by atoms with van der Waals surface area (Å²) in [5.41, 5.74) is 3.78. The van der Waals surface area contributed by atoms with E-state index in [2.05, 4.69) is 65.0 Å². The van der Waals surface area contributed by atoms with Gasteiger partial charge in [0.25, 0.3) is 0 Å². The van der Waals surface area contributed by atoms with Crippen LogP contribution in [-0.4, -0.2) is 14.8 Å². The Morgan fingerprint density at radius 3 is 2.30 bits per heavy atom. The van der Waals surface area contributed by atoms with Gasteiger partial charge in [0.2, 0.25) is 0 Å². The molecule has 0 amide bonds. The lowest BCUT2D eigenvalue weighted by Gasteiger charge is -2.07. The van der Waals surface area contributed by atoms with E-state index < -0.39 is 0 Å². The highest BCUT2D eigenvalue weighted by atomic mass is 32.2. The normalized spacial score (nSPS) is 11.1. The van der Waals surface area contributed by atoms with Crippen LogP contribution in [0.15, 0.2) is 59.8 Å². The number of hydrogen-bond acceptors (Lipinski definition) is 3. The third-order valence-corrected chi connectivity index (χ3v) is 4.97. The Balaban J connectivity index is 1.70. The molecule has 2 aromatic carbocycles. The zero-order chi connectivity index (χ0) is 16.2. The molecule has 1 heterocycles. The van der Waals surface area contributed by atoms with Crippen molar-refractivity contribution in [1.29, 1.82) is 0 Å². The van der Waals surface area contributed by atoms with Crippen molar-refractivity contribution >= 4 is 11.8 Å². The van der Waals surface area contributed by atoms with E-state index in [-0.39, 0.29) is 0 Å². The van der Waals surface area contributed by atoms with E-state index in [9.17, 15) is 0 Å². The second kappa shape index (κ2) is 7.01. The molecule has 0 unspecified atom stereocenters. The van der Waals surface area contributed by atoms with E-state index in [4.69, 9.17) is 0 Å². The molecule has 0 radical (unpaired) electrons. The largest absolute Gasteiger partial charge is 0.305 e. The third kappa shape index (κ3) is 3.64. The molecule has 0 N–H and O–H groups in total. The SMILES string of the molecule is CC(C)c1ccc(CSc2nnc(-c3ccccc3)n2C)cc1. The van der Waals surface area contributed by atoms with Gasteiger partial charge < -0.3 is 4.57 Å². The molecule has 3 aromatic rings. The van der Waals surface area contributed by atoms with E-state index in [1.165, 1.54) is 11.1 Å². The van der Waals surface area contributed by atoms with Gasteiger partial charge in [-0.05, 0) is 17.0 Å². The van der Waals surface area contributed by atoms with Gasteiger partial charge in [0.1, 0.15) is 0 Å². The lowest BCUT2D eigenvalue weighted by molar-refractivity contribution is 0.794. The summed E-state index contributed by atoms with van der Waals surface area (Å²) in [7, 11) is 2.02. The average molecular weight is 323 g/mol. The van der Waals surface area contributed by atoms with Crippen LogP contribution in [-0.2, 0) is 12.8 Å². The predicted molar refractivity (Wildman–Crippen MR) is 96.5 cm³/mol. The summed E-state index contributed by atoms with van der Waals surface area (Å²) in [5, 5.41) is 9.60. The molecule has 118 valence electrons. The Labute approximate surface area is 141 Å². The quantitative estimate of drug-likeness (QED) is 0.626. The molecular formula is C19H21N3S. The molecule has 0 saturated carbocycles. The number of aromatic nitrogens is 3. The molecule has 4 heteroatoms. The van der Waals surface area contributed by atoms with Crippen LogP contribution in [0.5, 0.6) is 0 Å². The Hall–Kier alpha value is -2.07. The van der Waals surface area contributed by atoms with E-state index >= 15 is 0 Å². The molecule has 1 aromatic heterocycles. The van der Waals surface area contributed by atoms with Gasteiger partial charge in [0.15, 0.2) is 11.0 Å². The Morgan fingerprint density at radius 2 is 1.65 bits per heavy atom. The molecule has 3 nitrogen and oxygen atoms in total. The lowest BCUT2D eigenvalue weighted by atomic mass is 10.0. The van der Waals surface area contributed by atoms with Crippen molar-refractivity contribution in [3.05, 3.63) is 65.7 Å². The Morgan fingerprint density at radius 1 is 0.957 bits per heavy atom. The maximum atomic E-state index is 4.33. The highest BCUT2D eigenvalue weighted by molar-refractivity contribution is 7.98. The summed E-state index contributed by atoms with van der Waals surface area (Å²) < 4.78 is 2.06. The number of rotatable bonds is 5. The average Bonchev–Trinajstić information content (AvgIpc) is 2.95. The maximum Gasteiger partial charge on any atom is 0.191 e. The first-order valence-electron chi connectivity index (χ1n) is 7.81. The van der Waals surface area contributed by atoms with Crippen molar-refractivity contribution in [2.24, 2.45) is 7.05 Å². The van der Waals surface area contributed by atoms with Crippen molar-refractivity contribution in [2.75, 3.05) is 0 Å². The Bertz CT molecular complexity index is 761. The molecule has 3 rings (SSSR count). The summed E-state index contributed by atoms with van der Waals surface area (Å²) in [5.74, 6) is 2.38. The lowest BCUT2D eigenvalue weighted by Crippen LogP contribution is -1.95. The fraction of sp³-hybridized carbons (Fsp3) is 0.263. The molecule has 0 spiro atoms. The van der Waals surface area contributed by atoms with E-state index in [0.717, 1.165) is 22.3 Å². The summed E-state index contributed by atoms with van der Waals surface area (Å²) in [4.78, 5) is 0. The van der Waals surface area contributed by atoms with Crippen molar-refractivity contribution in [2.45, 2.75) is 30.7 Å². The number of benzene rings is 2. The standard InChI is InChI=1S/C19H21N3S/c1-14(2)16-11-9-15(10-12-16)13-23-19-21-20-18(22(19)3)17-7-5-4-6-8-17/h4-12,14H,13H2,1-3H3. The number of nitrogens with zero attached hydrogens (tertiary/aromatic N) is 3. The monoisotopic (exact) mass is 323 g/mol. The minimum Gasteiger partial charge on any atom is -0.305 e. The molecule has 0 fully saturated rings. The van der Waals surface area contributed by atoms with E-state index in [0.29, 0.717) is 5.92 Å². The maximum absolute atomic E-state index is 4.33. The van der Waals surface area contributed by atoms with E-state index in [1.54, 1.807) is 11.8 Å². The summed E-state index contributed by atoms with van der Waals surface area (Å²) in [6.07, 6.45) is 0. The van der Waals surface area contributed by atoms with Crippen LogP contribution in [0.1, 0.15) is 30.9 Å². The van der Waals surface area contributed by atoms with Crippen LogP contribution in [0.4, 0.5) is 0 Å².